The monoisotopic (exact) mass is 509 g/mol. The number of carbonyl (C=O) groups excluding carboxylic acids is 1. The average Bonchev–Trinajstić information content (AvgIpc) is 2.73. The fraction of sp³-hybridized carbons (Fsp3) is 0.767. The van der Waals surface area contributed by atoms with Crippen molar-refractivity contribution in [2.75, 3.05) is 20.6 Å². The largest absolute Gasteiger partial charge is 0.487 e. The predicted molar refractivity (Wildman–Crippen MR) is 150 cm³/mol. The van der Waals surface area contributed by atoms with Gasteiger partial charge >= 0.3 is 5.97 Å². The molecule has 3 unspecified atom stereocenters. The molecule has 5 heteroatoms. The molecule has 0 saturated carbocycles. The van der Waals surface area contributed by atoms with Crippen LogP contribution >= 0.6 is 12.4 Å². The van der Waals surface area contributed by atoms with Crippen LogP contribution < -0.4 is 9.47 Å². The van der Waals surface area contributed by atoms with Crippen molar-refractivity contribution in [3.8, 4) is 11.5 Å². The highest BCUT2D eigenvalue weighted by atomic mass is 35.5. The van der Waals surface area contributed by atoms with Crippen LogP contribution in [0.1, 0.15) is 104 Å². The van der Waals surface area contributed by atoms with Gasteiger partial charge in [0.15, 0.2) is 0 Å². The molecule has 0 N–H and O–H groups in total. The first-order chi connectivity index (χ1) is 16.1. The number of hydrogen-bond acceptors (Lipinski definition) is 4. The van der Waals surface area contributed by atoms with E-state index in [4.69, 9.17) is 9.47 Å². The molecule has 1 aromatic rings. The maximum Gasteiger partial charge on any atom is 0.325 e. The summed E-state index contributed by atoms with van der Waals surface area (Å²) in [6.07, 6.45) is 13.8. The van der Waals surface area contributed by atoms with Crippen LogP contribution in [-0.4, -0.2) is 37.1 Å². The molecule has 0 saturated heterocycles. The lowest BCUT2D eigenvalue weighted by Gasteiger charge is -2.36. The molecule has 4 nitrogen and oxygen atoms in total. The second-order valence-electron chi connectivity index (χ2n) is 11.9. The Morgan fingerprint density at radius 2 is 1.60 bits per heavy atom. The molecule has 202 valence electrons. The van der Waals surface area contributed by atoms with E-state index in [-0.39, 0.29) is 30.5 Å². The van der Waals surface area contributed by atoms with E-state index in [9.17, 15) is 4.79 Å². The third kappa shape index (κ3) is 12.5. The minimum atomic E-state index is -0.235. The molecule has 0 radical (unpaired) electrons. The number of aryl methyl sites for hydroxylation is 1. The molecule has 0 spiro atoms. The number of benzene rings is 1. The zero-order valence-corrected chi connectivity index (χ0v) is 24.3. The van der Waals surface area contributed by atoms with E-state index >= 15 is 0 Å². The summed E-state index contributed by atoms with van der Waals surface area (Å²) in [5.74, 6) is 3.83. The number of carbonyl (C=O) groups is 1. The second-order valence-corrected chi connectivity index (χ2v) is 11.9. The van der Waals surface area contributed by atoms with Gasteiger partial charge in [-0.05, 0) is 88.2 Å². The van der Waals surface area contributed by atoms with Crippen LogP contribution in [0.3, 0.4) is 0 Å². The predicted octanol–water partition coefficient (Wildman–Crippen LogP) is 8.10. The van der Waals surface area contributed by atoms with Crippen LogP contribution in [0.4, 0.5) is 0 Å². The number of rotatable bonds is 15. The summed E-state index contributed by atoms with van der Waals surface area (Å²) in [5.41, 5.74) is 1.05. The molecule has 0 bridgehead atoms. The Kier molecular flexibility index (Phi) is 14.3. The first kappa shape index (κ1) is 31.8. The lowest BCUT2D eigenvalue weighted by Crippen LogP contribution is -2.36. The van der Waals surface area contributed by atoms with E-state index in [1.165, 1.54) is 51.4 Å². The molecule has 3 atom stereocenters. The molecule has 35 heavy (non-hydrogen) atoms. The first-order valence-electron chi connectivity index (χ1n) is 13.7. The van der Waals surface area contributed by atoms with Crippen LogP contribution in [0, 0.1) is 17.8 Å². The molecule has 1 aliphatic heterocycles. The lowest BCUT2D eigenvalue weighted by molar-refractivity contribution is -0.135. The van der Waals surface area contributed by atoms with Crippen molar-refractivity contribution in [1.82, 2.24) is 4.90 Å². The number of nitrogens with zero attached hydrogens (tertiary/aromatic N) is 1. The fourth-order valence-electron chi connectivity index (χ4n) is 5.03. The first-order valence-corrected chi connectivity index (χ1v) is 13.7. The lowest BCUT2D eigenvalue weighted by atomic mass is 9.86. The smallest absolute Gasteiger partial charge is 0.325 e. The molecule has 0 fully saturated rings. The van der Waals surface area contributed by atoms with Gasteiger partial charge in [-0.3, -0.25) is 9.69 Å². The SMILES string of the molecule is CC(C)CCCC(C)CCCC(C)CCCC1(C)CCc2cc(OC(=O)CN(C)C)ccc2O1.Cl. The summed E-state index contributed by atoms with van der Waals surface area (Å²) < 4.78 is 11.9. The summed E-state index contributed by atoms with van der Waals surface area (Å²) in [6, 6.07) is 5.79. The molecular formula is C30H52ClNO3. The molecule has 2 rings (SSSR count). The standard InChI is InChI=1S/C30H51NO3.ClH/c1-23(2)11-8-12-24(3)13-9-14-25(4)15-10-19-30(5)20-18-26-21-27(16-17-28(26)34-30)33-29(32)22-31(6)7;/h16-17,21,23-25H,8-15,18-20,22H2,1-7H3;1H. The summed E-state index contributed by atoms with van der Waals surface area (Å²) in [4.78, 5) is 13.7. The Bertz CT molecular complexity index is 751. The molecular weight excluding hydrogens is 458 g/mol. The van der Waals surface area contributed by atoms with Crippen LogP contribution in [0.5, 0.6) is 11.5 Å². The average molecular weight is 510 g/mol. The zero-order chi connectivity index (χ0) is 25.1. The Morgan fingerprint density at radius 1 is 1.00 bits per heavy atom. The summed E-state index contributed by atoms with van der Waals surface area (Å²) in [5, 5.41) is 0. The van der Waals surface area contributed by atoms with Crippen LogP contribution in [0.25, 0.3) is 0 Å². The van der Waals surface area contributed by atoms with Gasteiger partial charge in [0.05, 0.1) is 6.54 Å². The van der Waals surface area contributed by atoms with Gasteiger partial charge in [0.2, 0.25) is 0 Å². The summed E-state index contributed by atoms with van der Waals surface area (Å²) >= 11 is 0. The van der Waals surface area contributed by atoms with Gasteiger partial charge in [0.25, 0.3) is 0 Å². The number of fused-ring (bicyclic) bond motifs is 1. The van der Waals surface area contributed by atoms with E-state index in [2.05, 4.69) is 34.6 Å². The van der Waals surface area contributed by atoms with Crippen LogP contribution in [-0.2, 0) is 11.2 Å². The molecule has 0 amide bonds. The highest BCUT2D eigenvalue weighted by molar-refractivity contribution is 5.85. The third-order valence-electron chi connectivity index (χ3n) is 7.26. The highest BCUT2D eigenvalue weighted by Gasteiger charge is 2.31. The van der Waals surface area contributed by atoms with Gasteiger partial charge < -0.3 is 9.47 Å². The minimum Gasteiger partial charge on any atom is -0.487 e. The van der Waals surface area contributed by atoms with Crippen molar-refractivity contribution in [1.29, 1.82) is 0 Å². The summed E-state index contributed by atoms with van der Waals surface area (Å²) in [7, 11) is 3.72. The van der Waals surface area contributed by atoms with Gasteiger partial charge in [0, 0.05) is 0 Å². The minimum absolute atomic E-state index is 0. The normalized spacial score (nSPS) is 19.0. The number of hydrogen-bond donors (Lipinski definition) is 0. The van der Waals surface area contributed by atoms with E-state index in [0.717, 1.165) is 48.3 Å². The van der Waals surface area contributed by atoms with Crippen molar-refractivity contribution in [3.05, 3.63) is 23.8 Å². The molecule has 1 heterocycles. The molecule has 1 aliphatic rings. The molecule has 1 aromatic carbocycles. The third-order valence-corrected chi connectivity index (χ3v) is 7.26. The van der Waals surface area contributed by atoms with Gasteiger partial charge in [-0.25, -0.2) is 0 Å². The number of likely N-dealkylation sites (N-methyl/N-ethyl adjacent to an activating group) is 1. The van der Waals surface area contributed by atoms with Crippen molar-refractivity contribution in [2.45, 2.75) is 111 Å². The van der Waals surface area contributed by atoms with Crippen molar-refractivity contribution >= 4 is 18.4 Å². The van der Waals surface area contributed by atoms with E-state index in [1.807, 2.05) is 37.2 Å². The Hall–Kier alpha value is -1.26. The van der Waals surface area contributed by atoms with Crippen LogP contribution in [0.15, 0.2) is 18.2 Å². The number of esters is 1. The van der Waals surface area contributed by atoms with Crippen LogP contribution in [0.2, 0.25) is 0 Å². The van der Waals surface area contributed by atoms with Crippen molar-refractivity contribution in [3.63, 3.8) is 0 Å². The highest BCUT2D eigenvalue weighted by Crippen LogP contribution is 2.38. The van der Waals surface area contributed by atoms with Gasteiger partial charge in [-0.15, -0.1) is 12.4 Å². The maximum atomic E-state index is 11.9. The number of ether oxygens (including phenoxy) is 2. The van der Waals surface area contributed by atoms with Gasteiger partial charge in [0.1, 0.15) is 17.1 Å². The van der Waals surface area contributed by atoms with Gasteiger partial charge in [-0.2, -0.15) is 0 Å². The zero-order valence-electron chi connectivity index (χ0n) is 23.5. The quantitative estimate of drug-likeness (QED) is 0.177. The number of halogens is 1. The van der Waals surface area contributed by atoms with E-state index in [1.54, 1.807) is 0 Å². The Labute approximate surface area is 221 Å². The van der Waals surface area contributed by atoms with Crippen molar-refractivity contribution < 1.29 is 14.3 Å². The fourth-order valence-corrected chi connectivity index (χ4v) is 5.03. The topological polar surface area (TPSA) is 38.8 Å². The second kappa shape index (κ2) is 15.8. The van der Waals surface area contributed by atoms with E-state index in [0.29, 0.717) is 5.75 Å². The van der Waals surface area contributed by atoms with Gasteiger partial charge in [-0.1, -0.05) is 72.6 Å². The van der Waals surface area contributed by atoms with E-state index < -0.39 is 0 Å². The molecule has 0 aliphatic carbocycles. The Morgan fingerprint density at radius 3 is 2.20 bits per heavy atom. The maximum absolute atomic E-state index is 11.9. The molecule has 0 aromatic heterocycles. The summed E-state index contributed by atoms with van der Waals surface area (Å²) in [6.45, 7) is 12.0. The Balaban J connectivity index is 0.00000612. The van der Waals surface area contributed by atoms with Crippen molar-refractivity contribution in [2.24, 2.45) is 17.8 Å².